The molecule has 0 saturated heterocycles. The van der Waals surface area contributed by atoms with Crippen molar-refractivity contribution in [2.75, 3.05) is 0 Å². The Hall–Kier alpha value is -2.41. The van der Waals surface area contributed by atoms with Crippen LogP contribution >= 0.6 is 0 Å². The Labute approximate surface area is 151 Å². The van der Waals surface area contributed by atoms with E-state index in [4.69, 9.17) is 0 Å². The zero-order chi connectivity index (χ0) is 17.2. The Balaban J connectivity index is 1.80. The minimum atomic E-state index is 0.748. The molecule has 0 unspecified atom stereocenters. The number of hydrogen-bond donors (Lipinski definition) is 0. The third kappa shape index (κ3) is 3.24. The van der Waals surface area contributed by atoms with Gasteiger partial charge in [0.05, 0.1) is 0 Å². The van der Waals surface area contributed by atoms with Crippen LogP contribution < -0.4 is 4.57 Å². The van der Waals surface area contributed by atoms with E-state index < -0.39 is 0 Å². The van der Waals surface area contributed by atoms with E-state index in [9.17, 15) is 0 Å². The number of rotatable bonds is 3. The van der Waals surface area contributed by atoms with E-state index in [2.05, 4.69) is 85.4 Å². The van der Waals surface area contributed by atoms with Crippen molar-refractivity contribution in [3.05, 3.63) is 78.0 Å². The molecule has 1 heteroatoms. The molecule has 1 aliphatic carbocycles. The van der Waals surface area contributed by atoms with Gasteiger partial charge in [0.25, 0.3) is 0 Å². The molecule has 1 heterocycles. The third-order valence-electron chi connectivity index (χ3n) is 5.62. The van der Waals surface area contributed by atoms with Gasteiger partial charge in [-0.05, 0) is 54.0 Å². The second kappa shape index (κ2) is 6.84. The van der Waals surface area contributed by atoms with Crippen LogP contribution in [0.4, 0.5) is 0 Å². The Morgan fingerprint density at radius 1 is 0.840 bits per heavy atom. The molecule has 4 rings (SSSR count). The lowest BCUT2D eigenvalue weighted by molar-refractivity contribution is -0.660. The van der Waals surface area contributed by atoms with Gasteiger partial charge < -0.3 is 0 Å². The minimum Gasteiger partial charge on any atom is -0.201 e. The first-order valence-corrected chi connectivity index (χ1v) is 9.38. The van der Waals surface area contributed by atoms with E-state index in [1.165, 1.54) is 59.2 Å². The van der Waals surface area contributed by atoms with E-state index in [1.807, 2.05) is 0 Å². The van der Waals surface area contributed by atoms with Gasteiger partial charge in [0.15, 0.2) is 6.20 Å². The average molecular weight is 328 g/mol. The fourth-order valence-electron chi connectivity index (χ4n) is 4.07. The van der Waals surface area contributed by atoms with Crippen LogP contribution in [0.25, 0.3) is 22.4 Å². The molecule has 1 aliphatic rings. The lowest BCUT2D eigenvalue weighted by Gasteiger charge is -2.12. The maximum Gasteiger partial charge on any atom is 0.212 e. The van der Waals surface area contributed by atoms with Crippen LogP contribution in [0.2, 0.25) is 0 Å². The second-order valence-corrected chi connectivity index (χ2v) is 7.33. The van der Waals surface area contributed by atoms with Crippen LogP contribution in [-0.2, 0) is 7.05 Å². The van der Waals surface area contributed by atoms with Gasteiger partial charge in [-0.1, -0.05) is 55.3 Å². The van der Waals surface area contributed by atoms with Crippen molar-refractivity contribution in [2.45, 2.75) is 38.5 Å². The lowest BCUT2D eigenvalue weighted by Crippen LogP contribution is -2.31. The van der Waals surface area contributed by atoms with Crippen LogP contribution in [0.15, 0.2) is 66.9 Å². The van der Waals surface area contributed by atoms with Gasteiger partial charge in [0.2, 0.25) is 5.69 Å². The van der Waals surface area contributed by atoms with Crippen molar-refractivity contribution in [2.24, 2.45) is 7.05 Å². The quantitative estimate of drug-likeness (QED) is 0.534. The normalized spacial score (nSPS) is 14.8. The first-order chi connectivity index (χ1) is 12.2. The Bertz CT molecular complexity index is 874. The molecule has 0 amide bonds. The van der Waals surface area contributed by atoms with Gasteiger partial charge in [-0.25, -0.2) is 4.57 Å². The molecule has 1 fully saturated rings. The predicted octanol–water partition coefficient (Wildman–Crippen LogP) is 5.81. The number of benzene rings is 2. The van der Waals surface area contributed by atoms with E-state index in [0.717, 1.165) is 5.92 Å². The SMILES string of the molecule is Cc1ccc(-c2ccccc2)cc1-c1cc(C2CCCC2)cc[n+]1C. The molecule has 0 aliphatic heterocycles. The third-order valence-corrected chi connectivity index (χ3v) is 5.62. The van der Waals surface area contributed by atoms with Crippen LogP contribution in [0.3, 0.4) is 0 Å². The number of pyridine rings is 1. The highest BCUT2D eigenvalue weighted by molar-refractivity contribution is 5.73. The molecule has 0 spiro atoms. The van der Waals surface area contributed by atoms with Gasteiger partial charge in [-0.3, -0.25) is 0 Å². The minimum absolute atomic E-state index is 0.748. The molecule has 0 bridgehead atoms. The summed E-state index contributed by atoms with van der Waals surface area (Å²) in [7, 11) is 2.16. The van der Waals surface area contributed by atoms with Crippen LogP contribution in [0.5, 0.6) is 0 Å². The number of aromatic nitrogens is 1. The summed E-state index contributed by atoms with van der Waals surface area (Å²) in [4.78, 5) is 0. The van der Waals surface area contributed by atoms with Crippen LogP contribution in [-0.4, -0.2) is 0 Å². The molecular formula is C24H26N+. The van der Waals surface area contributed by atoms with Gasteiger partial charge in [0.1, 0.15) is 7.05 Å². The monoisotopic (exact) mass is 328 g/mol. The standard InChI is InChI=1S/C24H26N/c1-18-12-13-21(19-8-4-3-5-9-19)16-23(18)24-17-22(14-15-25(24)2)20-10-6-7-11-20/h3-5,8-9,12-17,20H,6-7,10-11H2,1-2H3/q+1. The zero-order valence-corrected chi connectivity index (χ0v) is 15.2. The van der Waals surface area contributed by atoms with Crippen LogP contribution in [0.1, 0.15) is 42.7 Å². The predicted molar refractivity (Wildman–Crippen MR) is 104 cm³/mol. The molecule has 2 aromatic carbocycles. The molecule has 1 aromatic heterocycles. The molecule has 25 heavy (non-hydrogen) atoms. The smallest absolute Gasteiger partial charge is 0.201 e. The van der Waals surface area contributed by atoms with E-state index in [-0.39, 0.29) is 0 Å². The van der Waals surface area contributed by atoms with E-state index in [1.54, 1.807) is 0 Å². The Morgan fingerprint density at radius 2 is 1.60 bits per heavy atom. The molecule has 3 aromatic rings. The summed E-state index contributed by atoms with van der Waals surface area (Å²) < 4.78 is 2.26. The van der Waals surface area contributed by atoms with E-state index in [0.29, 0.717) is 0 Å². The maximum absolute atomic E-state index is 2.42. The number of nitrogens with zero attached hydrogens (tertiary/aromatic N) is 1. The Morgan fingerprint density at radius 3 is 2.36 bits per heavy atom. The number of aryl methyl sites for hydroxylation is 2. The van der Waals surface area contributed by atoms with Gasteiger partial charge in [-0.2, -0.15) is 0 Å². The van der Waals surface area contributed by atoms with Gasteiger partial charge in [-0.15, -0.1) is 0 Å². The summed E-state index contributed by atoms with van der Waals surface area (Å²) >= 11 is 0. The van der Waals surface area contributed by atoms with Crippen molar-refractivity contribution in [1.29, 1.82) is 0 Å². The molecule has 1 saturated carbocycles. The van der Waals surface area contributed by atoms with Gasteiger partial charge >= 0.3 is 0 Å². The molecule has 126 valence electrons. The van der Waals surface area contributed by atoms with Crippen molar-refractivity contribution in [1.82, 2.24) is 0 Å². The Kier molecular flexibility index (Phi) is 4.40. The fourth-order valence-corrected chi connectivity index (χ4v) is 4.07. The summed E-state index contributed by atoms with van der Waals surface area (Å²) in [6.07, 6.45) is 7.68. The average Bonchev–Trinajstić information content (AvgIpc) is 3.18. The largest absolute Gasteiger partial charge is 0.212 e. The summed E-state index contributed by atoms with van der Waals surface area (Å²) in [6, 6.07) is 22.2. The summed E-state index contributed by atoms with van der Waals surface area (Å²) in [5, 5.41) is 0. The molecule has 0 atom stereocenters. The molecule has 0 N–H and O–H groups in total. The molecular weight excluding hydrogens is 302 g/mol. The second-order valence-electron chi connectivity index (χ2n) is 7.33. The summed E-state index contributed by atoms with van der Waals surface area (Å²) in [5.74, 6) is 0.748. The van der Waals surface area contributed by atoms with Crippen molar-refractivity contribution < 1.29 is 4.57 Å². The van der Waals surface area contributed by atoms with E-state index >= 15 is 0 Å². The first kappa shape index (κ1) is 16.1. The highest BCUT2D eigenvalue weighted by Gasteiger charge is 2.21. The highest BCUT2D eigenvalue weighted by atomic mass is 14.9. The van der Waals surface area contributed by atoms with Crippen LogP contribution in [0, 0.1) is 6.92 Å². The fraction of sp³-hybridized carbons (Fsp3) is 0.292. The topological polar surface area (TPSA) is 3.88 Å². The highest BCUT2D eigenvalue weighted by Crippen LogP contribution is 2.35. The lowest BCUT2D eigenvalue weighted by atomic mass is 9.93. The molecule has 1 nitrogen and oxygen atoms in total. The summed E-state index contributed by atoms with van der Waals surface area (Å²) in [6.45, 7) is 2.21. The summed E-state index contributed by atoms with van der Waals surface area (Å²) in [5.41, 5.74) is 8.06. The van der Waals surface area contributed by atoms with Crippen molar-refractivity contribution in [3.63, 3.8) is 0 Å². The van der Waals surface area contributed by atoms with Crippen molar-refractivity contribution in [3.8, 4) is 22.4 Å². The van der Waals surface area contributed by atoms with Gasteiger partial charge in [0, 0.05) is 17.7 Å². The number of hydrogen-bond acceptors (Lipinski definition) is 0. The van der Waals surface area contributed by atoms with Crippen molar-refractivity contribution >= 4 is 0 Å². The maximum atomic E-state index is 2.42. The zero-order valence-electron chi connectivity index (χ0n) is 15.2. The first-order valence-electron chi connectivity index (χ1n) is 9.38. The molecule has 0 radical (unpaired) electrons.